The largest absolute Gasteiger partial charge is 0.345 e. The van der Waals surface area contributed by atoms with E-state index in [9.17, 15) is 0 Å². The second-order valence-electron chi connectivity index (χ2n) is 9.82. The van der Waals surface area contributed by atoms with Crippen molar-refractivity contribution in [2.75, 3.05) is 19.6 Å². The van der Waals surface area contributed by atoms with Gasteiger partial charge in [-0.25, -0.2) is 0 Å². The first-order valence-electron chi connectivity index (χ1n) is 8.85. The Bertz CT molecular complexity index is 340. The molecule has 0 aromatic rings. The van der Waals surface area contributed by atoms with Crippen LogP contribution in [0.2, 0.25) is 71.5 Å². The predicted octanol–water partition coefficient (Wildman–Crippen LogP) is 6.03. The smallest absolute Gasteiger partial charge is 0.248 e. The molecule has 8 heteroatoms. The molecule has 140 valence electrons. The highest BCUT2D eigenvalue weighted by molar-refractivity contribution is 7.44. The molecule has 0 atom stereocenters. The van der Waals surface area contributed by atoms with Crippen molar-refractivity contribution in [3.05, 3.63) is 0 Å². The molecule has 0 saturated heterocycles. The maximum absolute atomic E-state index is 6.28. The van der Waals surface area contributed by atoms with Crippen LogP contribution in [0, 0.1) is 0 Å². The number of halogens is 2. The summed E-state index contributed by atoms with van der Waals surface area (Å²) in [6, 6.07) is 1.00. The van der Waals surface area contributed by atoms with Gasteiger partial charge in [0.1, 0.15) is 24.7 Å². The summed E-state index contributed by atoms with van der Waals surface area (Å²) in [6.07, 6.45) is 1.14. The SMILES string of the molecule is C[Si](Cl)(Cl)CCCN(CCN([Si](C)(C)C)[Si](C)(C)C)[Si](C)(C)C. The standard InChI is InChI=1S/C15H40Cl2N2Si4/c1-20(2,3)18(12-11-15-23(10,16)17)13-14-19(21(4,5)6)22(7,8)9/h11-15H2,1-10H3. The second kappa shape index (κ2) is 8.84. The summed E-state index contributed by atoms with van der Waals surface area (Å²) < 4.78 is 5.66. The zero-order valence-electron chi connectivity index (χ0n) is 17.2. The van der Waals surface area contributed by atoms with Crippen LogP contribution < -0.4 is 0 Å². The molecule has 0 fully saturated rings. The zero-order valence-corrected chi connectivity index (χ0v) is 22.7. The molecule has 0 heterocycles. The van der Waals surface area contributed by atoms with Crippen LogP contribution in [0.1, 0.15) is 6.42 Å². The van der Waals surface area contributed by atoms with Crippen molar-refractivity contribution in [3.63, 3.8) is 0 Å². The quantitative estimate of drug-likeness (QED) is 0.307. The summed E-state index contributed by atoms with van der Waals surface area (Å²) in [5, 5.41) is 0. The van der Waals surface area contributed by atoms with Crippen LogP contribution in [0.15, 0.2) is 0 Å². The van der Waals surface area contributed by atoms with Gasteiger partial charge in [-0.15, -0.1) is 22.2 Å². The molecule has 0 aliphatic heterocycles. The van der Waals surface area contributed by atoms with Crippen molar-refractivity contribution in [2.45, 2.75) is 77.9 Å². The lowest BCUT2D eigenvalue weighted by atomic mass is 10.4. The van der Waals surface area contributed by atoms with Gasteiger partial charge in [0.25, 0.3) is 0 Å². The van der Waals surface area contributed by atoms with Gasteiger partial charge in [0.15, 0.2) is 0 Å². The van der Waals surface area contributed by atoms with E-state index in [1.165, 1.54) is 13.1 Å². The minimum Gasteiger partial charge on any atom is -0.345 e. The highest BCUT2D eigenvalue weighted by atomic mass is 35.7. The Balaban J connectivity index is 4.84. The van der Waals surface area contributed by atoms with E-state index >= 15 is 0 Å². The summed E-state index contributed by atoms with van der Waals surface area (Å²) in [4.78, 5) is 0. The maximum Gasteiger partial charge on any atom is 0.248 e. The first-order valence-corrected chi connectivity index (χ1v) is 23.9. The molecule has 0 bridgehead atoms. The average Bonchev–Trinajstić information content (AvgIpc) is 2.19. The normalized spacial score (nSPS) is 14.9. The van der Waals surface area contributed by atoms with Crippen molar-refractivity contribution in [3.8, 4) is 0 Å². The number of nitrogens with zero attached hydrogens (tertiary/aromatic N) is 2. The van der Waals surface area contributed by atoms with Gasteiger partial charge < -0.3 is 8.80 Å². The van der Waals surface area contributed by atoms with Gasteiger partial charge in [-0.05, 0) is 32.1 Å². The van der Waals surface area contributed by atoms with Gasteiger partial charge in [0, 0.05) is 6.54 Å². The van der Waals surface area contributed by atoms with Crippen LogP contribution in [0.3, 0.4) is 0 Å². The van der Waals surface area contributed by atoms with E-state index in [2.05, 4.69) is 67.7 Å². The molecule has 0 aromatic heterocycles. The summed E-state index contributed by atoms with van der Waals surface area (Å²) in [7, 11) is -3.82. The first kappa shape index (κ1) is 24.4. The average molecular weight is 432 g/mol. The fourth-order valence-electron chi connectivity index (χ4n) is 3.26. The van der Waals surface area contributed by atoms with Crippen molar-refractivity contribution >= 4 is 53.6 Å². The minimum atomic E-state index is -1.95. The molecule has 0 aromatic carbocycles. The fourth-order valence-corrected chi connectivity index (χ4v) is 16.0. The Morgan fingerprint density at radius 2 is 1.04 bits per heavy atom. The lowest BCUT2D eigenvalue weighted by Crippen LogP contribution is -2.62. The van der Waals surface area contributed by atoms with Crippen molar-refractivity contribution < 1.29 is 0 Å². The third-order valence-corrected chi connectivity index (χ3v) is 16.6. The second-order valence-corrected chi connectivity index (χ2v) is 33.2. The van der Waals surface area contributed by atoms with E-state index < -0.39 is 31.4 Å². The highest BCUT2D eigenvalue weighted by Gasteiger charge is 2.35. The molecule has 0 unspecified atom stereocenters. The van der Waals surface area contributed by atoms with Crippen LogP contribution in [-0.2, 0) is 0 Å². The van der Waals surface area contributed by atoms with Crippen LogP contribution in [0.4, 0.5) is 0 Å². The lowest BCUT2D eigenvalue weighted by molar-refractivity contribution is 0.394. The highest BCUT2D eigenvalue weighted by Crippen LogP contribution is 2.23. The van der Waals surface area contributed by atoms with Crippen LogP contribution in [-0.4, -0.2) is 59.8 Å². The van der Waals surface area contributed by atoms with Crippen LogP contribution in [0.5, 0.6) is 0 Å². The van der Waals surface area contributed by atoms with Gasteiger partial charge in [-0.2, -0.15) is 0 Å². The molecular formula is C15H40Cl2N2Si4. The zero-order chi connectivity index (χ0) is 18.7. The third kappa shape index (κ3) is 10.8. The molecular weight excluding hydrogens is 391 g/mol. The monoisotopic (exact) mass is 430 g/mol. The molecule has 2 nitrogen and oxygen atoms in total. The number of hydrogen-bond donors (Lipinski definition) is 0. The Hall–Kier alpha value is 1.37. The fraction of sp³-hybridized carbons (Fsp3) is 1.00. The van der Waals surface area contributed by atoms with Crippen LogP contribution in [0.25, 0.3) is 0 Å². The number of rotatable bonds is 10. The summed E-state index contributed by atoms with van der Waals surface area (Å²) in [5.41, 5.74) is 0. The van der Waals surface area contributed by atoms with Crippen LogP contribution >= 0.6 is 22.2 Å². The van der Waals surface area contributed by atoms with Crippen molar-refractivity contribution in [1.82, 2.24) is 8.80 Å². The maximum atomic E-state index is 6.28. The van der Waals surface area contributed by atoms with E-state index in [-0.39, 0.29) is 0 Å². The van der Waals surface area contributed by atoms with Gasteiger partial charge in [0.05, 0.1) is 0 Å². The summed E-state index contributed by atoms with van der Waals surface area (Å²) in [5.74, 6) is 0. The molecule has 0 rings (SSSR count). The van der Waals surface area contributed by atoms with Gasteiger partial charge in [-0.1, -0.05) is 58.9 Å². The van der Waals surface area contributed by atoms with E-state index in [0.717, 1.165) is 19.0 Å². The topological polar surface area (TPSA) is 6.48 Å². The molecule has 0 aliphatic rings. The molecule has 0 radical (unpaired) electrons. The molecule has 0 spiro atoms. The number of hydrogen-bond acceptors (Lipinski definition) is 2. The van der Waals surface area contributed by atoms with E-state index in [1.54, 1.807) is 0 Å². The van der Waals surface area contributed by atoms with E-state index in [1.807, 2.05) is 6.55 Å². The lowest BCUT2D eigenvalue weighted by Gasteiger charge is -2.46. The summed E-state index contributed by atoms with van der Waals surface area (Å²) >= 11 is 12.6. The van der Waals surface area contributed by atoms with E-state index in [0.29, 0.717) is 0 Å². The Morgan fingerprint density at radius 3 is 1.35 bits per heavy atom. The van der Waals surface area contributed by atoms with Gasteiger partial charge in [0.2, 0.25) is 6.69 Å². The van der Waals surface area contributed by atoms with Crippen molar-refractivity contribution in [2.24, 2.45) is 0 Å². The molecule has 0 aliphatic carbocycles. The van der Waals surface area contributed by atoms with Gasteiger partial charge >= 0.3 is 0 Å². The predicted molar refractivity (Wildman–Crippen MR) is 121 cm³/mol. The Morgan fingerprint density at radius 1 is 0.609 bits per heavy atom. The minimum absolute atomic E-state index is 1.00. The first-order chi connectivity index (χ1) is 9.94. The molecule has 0 amide bonds. The summed E-state index contributed by atoms with van der Waals surface area (Å²) in [6.45, 7) is 26.0. The molecule has 0 N–H and O–H groups in total. The van der Waals surface area contributed by atoms with Gasteiger partial charge in [-0.3, -0.25) is 0 Å². The Labute approximate surface area is 159 Å². The molecule has 0 saturated carbocycles. The van der Waals surface area contributed by atoms with E-state index in [4.69, 9.17) is 22.2 Å². The molecule has 23 heavy (non-hydrogen) atoms. The third-order valence-electron chi connectivity index (χ3n) is 4.21. The van der Waals surface area contributed by atoms with Crippen molar-refractivity contribution in [1.29, 1.82) is 0 Å². The Kier molecular flexibility index (Phi) is 9.36.